The first kappa shape index (κ1) is 15.9. The fraction of sp³-hybridized carbons (Fsp3) is 1.00. The van der Waals surface area contributed by atoms with E-state index in [-0.39, 0.29) is 22.8 Å². The summed E-state index contributed by atoms with van der Waals surface area (Å²) in [6.45, 7) is 13.1. The van der Waals surface area contributed by atoms with Gasteiger partial charge >= 0.3 is 0 Å². The SMILES string of the molecule is CN(C)C(C)(C)C(NN)C1CC(C)(C)OC1(C)C. The summed E-state index contributed by atoms with van der Waals surface area (Å²) in [6.07, 6.45) is 1.02. The number of nitrogens with one attached hydrogen (secondary N) is 1. The van der Waals surface area contributed by atoms with Gasteiger partial charge in [0.05, 0.1) is 11.2 Å². The van der Waals surface area contributed by atoms with Gasteiger partial charge < -0.3 is 9.64 Å². The van der Waals surface area contributed by atoms with E-state index in [9.17, 15) is 0 Å². The molecular weight excluding hydrogens is 226 g/mol. The second-order valence-electron chi connectivity index (χ2n) is 7.47. The van der Waals surface area contributed by atoms with Crippen molar-refractivity contribution in [3.63, 3.8) is 0 Å². The monoisotopic (exact) mass is 257 g/mol. The van der Waals surface area contributed by atoms with Crippen LogP contribution >= 0.6 is 0 Å². The molecule has 1 rings (SSSR count). The zero-order valence-corrected chi connectivity index (χ0v) is 13.3. The maximum atomic E-state index is 6.19. The van der Waals surface area contributed by atoms with Crippen molar-refractivity contribution in [3.05, 3.63) is 0 Å². The number of likely N-dealkylation sites (N-methyl/N-ethyl adjacent to an activating group) is 1. The average molecular weight is 257 g/mol. The molecule has 2 unspecified atom stereocenters. The Labute approximate surface area is 112 Å². The first-order valence-electron chi connectivity index (χ1n) is 6.78. The van der Waals surface area contributed by atoms with E-state index < -0.39 is 0 Å². The molecule has 3 N–H and O–H groups in total. The van der Waals surface area contributed by atoms with Gasteiger partial charge in [-0.2, -0.15) is 0 Å². The zero-order chi connectivity index (χ0) is 14.4. The summed E-state index contributed by atoms with van der Waals surface area (Å²) >= 11 is 0. The van der Waals surface area contributed by atoms with Crippen molar-refractivity contribution in [1.29, 1.82) is 0 Å². The predicted octanol–water partition coefficient (Wildman–Crippen LogP) is 1.75. The van der Waals surface area contributed by atoms with Crippen LogP contribution in [0.5, 0.6) is 0 Å². The van der Waals surface area contributed by atoms with Gasteiger partial charge in [0.2, 0.25) is 0 Å². The number of hydrogen-bond acceptors (Lipinski definition) is 4. The molecule has 1 fully saturated rings. The molecular formula is C14H31N3O. The molecule has 0 saturated carbocycles. The van der Waals surface area contributed by atoms with E-state index in [4.69, 9.17) is 10.6 Å². The molecule has 0 radical (unpaired) electrons. The minimum Gasteiger partial charge on any atom is -0.369 e. The quantitative estimate of drug-likeness (QED) is 0.595. The second-order valence-corrected chi connectivity index (χ2v) is 7.47. The third-order valence-corrected chi connectivity index (χ3v) is 4.64. The van der Waals surface area contributed by atoms with Crippen LogP contribution in [0, 0.1) is 5.92 Å². The topological polar surface area (TPSA) is 50.5 Å². The van der Waals surface area contributed by atoms with Crippen molar-refractivity contribution < 1.29 is 4.74 Å². The van der Waals surface area contributed by atoms with E-state index in [1.165, 1.54) is 0 Å². The van der Waals surface area contributed by atoms with Gasteiger partial charge in [0, 0.05) is 17.5 Å². The summed E-state index contributed by atoms with van der Waals surface area (Å²) in [4.78, 5) is 2.22. The van der Waals surface area contributed by atoms with Crippen molar-refractivity contribution in [1.82, 2.24) is 10.3 Å². The van der Waals surface area contributed by atoms with E-state index in [2.05, 4.69) is 66.0 Å². The van der Waals surface area contributed by atoms with Gasteiger partial charge in [-0.3, -0.25) is 11.3 Å². The zero-order valence-electron chi connectivity index (χ0n) is 13.3. The molecule has 0 spiro atoms. The van der Waals surface area contributed by atoms with Crippen molar-refractivity contribution in [3.8, 4) is 0 Å². The summed E-state index contributed by atoms with van der Waals surface area (Å²) in [6, 6.07) is 0.185. The standard InChI is InChI=1S/C14H31N3O/c1-12(2)9-10(14(5,6)18-12)11(16-15)13(3,4)17(7)8/h10-11,16H,9,15H2,1-8H3. The molecule has 2 atom stereocenters. The Morgan fingerprint density at radius 2 is 1.78 bits per heavy atom. The van der Waals surface area contributed by atoms with Crippen molar-refractivity contribution >= 4 is 0 Å². The molecule has 1 aliphatic rings. The van der Waals surface area contributed by atoms with Gasteiger partial charge in [0.15, 0.2) is 0 Å². The molecule has 1 heterocycles. The Bertz CT molecular complexity index is 297. The van der Waals surface area contributed by atoms with Gasteiger partial charge in [-0.05, 0) is 62.1 Å². The van der Waals surface area contributed by atoms with Crippen LogP contribution in [-0.4, -0.2) is 41.8 Å². The summed E-state index contributed by atoms with van der Waals surface area (Å²) < 4.78 is 6.19. The van der Waals surface area contributed by atoms with E-state index >= 15 is 0 Å². The Kier molecular flexibility index (Phi) is 4.19. The van der Waals surface area contributed by atoms with Gasteiger partial charge in [-0.1, -0.05) is 0 Å². The predicted molar refractivity (Wildman–Crippen MR) is 76.2 cm³/mol. The van der Waals surface area contributed by atoms with Crippen LogP contribution in [0.3, 0.4) is 0 Å². The van der Waals surface area contributed by atoms with Crippen LogP contribution in [0.4, 0.5) is 0 Å². The lowest BCUT2D eigenvalue weighted by Crippen LogP contribution is -2.62. The summed E-state index contributed by atoms with van der Waals surface area (Å²) in [5.74, 6) is 6.24. The number of nitrogens with two attached hydrogens (primary N) is 1. The fourth-order valence-corrected chi connectivity index (χ4v) is 3.21. The molecule has 0 aromatic carbocycles. The van der Waals surface area contributed by atoms with E-state index in [0.29, 0.717) is 5.92 Å². The highest BCUT2D eigenvalue weighted by molar-refractivity contribution is 5.05. The van der Waals surface area contributed by atoms with Gasteiger partial charge in [0.25, 0.3) is 0 Å². The van der Waals surface area contributed by atoms with Crippen LogP contribution in [0.2, 0.25) is 0 Å². The Hall–Kier alpha value is -0.160. The van der Waals surface area contributed by atoms with Crippen molar-refractivity contribution in [2.24, 2.45) is 11.8 Å². The maximum Gasteiger partial charge on any atom is 0.0678 e. The van der Waals surface area contributed by atoms with Crippen LogP contribution < -0.4 is 11.3 Å². The van der Waals surface area contributed by atoms with E-state index in [1.54, 1.807) is 0 Å². The van der Waals surface area contributed by atoms with Crippen LogP contribution in [-0.2, 0) is 4.74 Å². The van der Waals surface area contributed by atoms with Crippen LogP contribution in [0.1, 0.15) is 48.0 Å². The minimum atomic E-state index is -0.159. The molecule has 0 bridgehead atoms. The Morgan fingerprint density at radius 1 is 1.28 bits per heavy atom. The lowest BCUT2D eigenvalue weighted by molar-refractivity contribution is -0.0831. The van der Waals surface area contributed by atoms with Gasteiger partial charge in [-0.15, -0.1) is 0 Å². The highest BCUT2D eigenvalue weighted by atomic mass is 16.5. The largest absolute Gasteiger partial charge is 0.369 e. The molecule has 18 heavy (non-hydrogen) atoms. The number of nitrogens with zero attached hydrogens (tertiary/aromatic N) is 1. The molecule has 0 aromatic heterocycles. The molecule has 0 aliphatic carbocycles. The normalized spacial score (nSPS) is 28.7. The number of hydrazine groups is 1. The van der Waals surface area contributed by atoms with Crippen molar-refractivity contribution in [2.45, 2.75) is 70.7 Å². The third kappa shape index (κ3) is 2.87. The molecule has 4 heteroatoms. The number of ether oxygens (including phenoxy) is 1. The lowest BCUT2D eigenvalue weighted by Gasteiger charge is -2.45. The highest BCUT2D eigenvalue weighted by Crippen LogP contribution is 2.45. The molecule has 108 valence electrons. The Morgan fingerprint density at radius 3 is 2.06 bits per heavy atom. The third-order valence-electron chi connectivity index (χ3n) is 4.64. The lowest BCUT2D eigenvalue weighted by atomic mass is 9.74. The van der Waals surface area contributed by atoms with Gasteiger partial charge in [-0.25, -0.2) is 0 Å². The van der Waals surface area contributed by atoms with Gasteiger partial charge in [0.1, 0.15) is 0 Å². The Balaban J connectivity index is 3.03. The molecule has 1 aliphatic heterocycles. The van der Waals surface area contributed by atoms with E-state index in [1.807, 2.05) is 0 Å². The average Bonchev–Trinajstić information content (AvgIpc) is 2.35. The molecule has 4 nitrogen and oxygen atoms in total. The van der Waals surface area contributed by atoms with Crippen LogP contribution in [0.15, 0.2) is 0 Å². The second kappa shape index (κ2) is 4.75. The minimum absolute atomic E-state index is 0.0273. The van der Waals surface area contributed by atoms with E-state index in [0.717, 1.165) is 6.42 Å². The van der Waals surface area contributed by atoms with Crippen molar-refractivity contribution in [2.75, 3.05) is 14.1 Å². The summed E-state index contributed by atoms with van der Waals surface area (Å²) in [7, 11) is 4.19. The fourth-order valence-electron chi connectivity index (χ4n) is 3.21. The molecule has 1 saturated heterocycles. The maximum absolute atomic E-state index is 6.19. The number of rotatable bonds is 4. The van der Waals surface area contributed by atoms with Crippen LogP contribution in [0.25, 0.3) is 0 Å². The number of hydrogen-bond donors (Lipinski definition) is 2. The summed E-state index contributed by atoms with van der Waals surface area (Å²) in [5, 5.41) is 0. The highest BCUT2D eigenvalue weighted by Gasteiger charge is 2.52. The first-order chi connectivity index (χ1) is 7.94. The molecule has 0 aromatic rings. The summed E-state index contributed by atoms with van der Waals surface area (Å²) in [5.41, 5.74) is 2.77. The molecule has 0 amide bonds. The smallest absolute Gasteiger partial charge is 0.0678 e. The first-order valence-corrected chi connectivity index (χ1v) is 6.78.